The van der Waals surface area contributed by atoms with E-state index in [0.29, 0.717) is 5.56 Å². The molecule has 0 heterocycles. The smallest absolute Gasteiger partial charge is 0.122 e. The first-order valence-corrected chi connectivity index (χ1v) is 6.29. The summed E-state index contributed by atoms with van der Waals surface area (Å²) in [5.41, 5.74) is 0.603. The van der Waals surface area contributed by atoms with Crippen molar-refractivity contribution in [1.82, 2.24) is 0 Å². The first-order chi connectivity index (χ1) is 9.29. The summed E-state index contributed by atoms with van der Waals surface area (Å²) in [7, 11) is 0. The third-order valence-corrected chi connectivity index (χ3v) is 3.89. The van der Waals surface area contributed by atoms with Crippen LogP contribution >= 0.6 is 0 Å². The van der Waals surface area contributed by atoms with Gasteiger partial charge in [-0.15, -0.1) is 0 Å². The van der Waals surface area contributed by atoms with E-state index in [1.54, 1.807) is 6.07 Å². The predicted molar refractivity (Wildman–Crippen MR) is 77.7 cm³/mol. The first-order valence-electron chi connectivity index (χ1n) is 6.29. The van der Waals surface area contributed by atoms with Gasteiger partial charge in [0.25, 0.3) is 0 Å². The fraction of sp³-hybridized carbons (Fsp3) is 0.0588. The van der Waals surface area contributed by atoms with Crippen LogP contribution in [0.4, 0.5) is 0 Å². The van der Waals surface area contributed by atoms with Crippen LogP contribution in [-0.4, -0.2) is 10.2 Å². The Morgan fingerprint density at radius 1 is 0.789 bits per heavy atom. The Hall–Kier alpha value is -2.32. The Bertz CT molecular complexity index is 893. The van der Waals surface area contributed by atoms with Gasteiger partial charge in [0.2, 0.25) is 0 Å². The summed E-state index contributed by atoms with van der Waals surface area (Å²) in [6, 6.07) is 16.1. The average Bonchev–Trinajstić information content (AvgIpc) is 2.44. The molecule has 0 fully saturated rings. The van der Waals surface area contributed by atoms with E-state index in [-0.39, 0.29) is 12.4 Å². The van der Waals surface area contributed by atoms with Crippen LogP contribution in [0.2, 0.25) is 0 Å². The predicted octanol–water partition coefficient (Wildman–Crippen LogP) is 3.78. The molecule has 0 aliphatic heterocycles. The molecule has 0 spiro atoms. The maximum absolute atomic E-state index is 10.0. The average molecular weight is 248 g/mol. The maximum atomic E-state index is 10.0. The first kappa shape index (κ1) is 10.6. The van der Waals surface area contributed by atoms with Crippen molar-refractivity contribution in [2.45, 2.75) is 6.61 Å². The molecule has 4 aromatic rings. The van der Waals surface area contributed by atoms with E-state index in [1.165, 1.54) is 16.2 Å². The van der Waals surface area contributed by atoms with Crippen LogP contribution in [0.3, 0.4) is 0 Å². The van der Waals surface area contributed by atoms with Crippen molar-refractivity contribution in [3.05, 3.63) is 54.1 Å². The van der Waals surface area contributed by atoms with E-state index in [4.69, 9.17) is 0 Å². The highest BCUT2D eigenvalue weighted by Crippen LogP contribution is 2.39. The van der Waals surface area contributed by atoms with Crippen molar-refractivity contribution in [3.63, 3.8) is 0 Å². The van der Waals surface area contributed by atoms with Gasteiger partial charge in [0, 0.05) is 5.56 Å². The molecule has 0 aliphatic carbocycles. The summed E-state index contributed by atoms with van der Waals surface area (Å²) in [4.78, 5) is 0. The molecule has 0 bridgehead atoms. The van der Waals surface area contributed by atoms with Gasteiger partial charge in [-0.1, -0.05) is 42.5 Å². The lowest BCUT2D eigenvalue weighted by molar-refractivity contribution is 0.277. The third-order valence-electron chi connectivity index (χ3n) is 3.89. The second kappa shape index (κ2) is 3.59. The van der Waals surface area contributed by atoms with Gasteiger partial charge in [0.15, 0.2) is 0 Å². The maximum Gasteiger partial charge on any atom is 0.122 e. The molecule has 2 nitrogen and oxygen atoms in total. The second-order valence-electron chi connectivity index (χ2n) is 4.89. The molecular formula is C17H12O2. The lowest BCUT2D eigenvalue weighted by atomic mass is 9.91. The van der Waals surface area contributed by atoms with E-state index >= 15 is 0 Å². The number of benzene rings is 4. The van der Waals surface area contributed by atoms with E-state index in [2.05, 4.69) is 18.2 Å². The molecule has 4 rings (SSSR count). The highest BCUT2D eigenvalue weighted by atomic mass is 16.3. The van der Waals surface area contributed by atoms with Crippen molar-refractivity contribution in [3.8, 4) is 5.75 Å². The van der Waals surface area contributed by atoms with Crippen LogP contribution in [0.25, 0.3) is 32.3 Å². The zero-order chi connectivity index (χ0) is 13.0. The van der Waals surface area contributed by atoms with Crippen molar-refractivity contribution in [2.24, 2.45) is 0 Å². The quantitative estimate of drug-likeness (QED) is 0.503. The number of hydrogen-bond acceptors (Lipinski definition) is 2. The molecule has 4 aromatic carbocycles. The Morgan fingerprint density at radius 2 is 1.47 bits per heavy atom. The molecule has 0 aromatic heterocycles. The molecule has 0 unspecified atom stereocenters. The molecule has 2 heteroatoms. The molecule has 0 atom stereocenters. The summed E-state index contributed by atoms with van der Waals surface area (Å²) < 4.78 is 0. The minimum absolute atomic E-state index is 0.153. The van der Waals surface area contributed by atoms with Gasteiger partial charge in [0.05, 0.1) is 6.61 Å². The van der Waals surface area contributed by atoms with E-state index in [1.807, 2.05) is 24.3 Å². The van der Waals surface area contributed by atoms with Crippen LogP contribution in [0, 0.1) is 0 Å². The van der Waals surface area contributed by atoms with Crippen LogP contribution < -0.4 is 0 Å². The monoisotopic (exact) mass is 248 g/mol. The molecule has 2 N–H and O–H groups in total. The molecule has 0 saturated carbocycles. The van der Waals surface area contributed by atoms with Gasteiger partial charge >= 0.3 is 0 Å². The van der Waals surface area contributed by atoms with Gasteiger partial charge < -0.3 is 10.2 Å². The Kier molecular flexibility index (Phi) is 2.00. The molecule has 0 saturated heterocycles. The fourth-order valence-corrected chi connectivity index (χ4v) is 3.02. The molecular weight excluding hydrogens is 236 g/mol. The van der Waals surface area contributed by atoms with Gasteiger partial charge in [-0.2, -0.15) is 0 Å². The molecule has 19 heavy (non-hydrogen) atoms. The molecule has 0 amide bonds. The normalized spacial score (nSPS) is 11.8. The Morgan fingerprint density at radius 3 is 2.21 bits per heavy atom. The van der Waals surface area contributed by atoms with Gasteiger partial charge in [-0.25, -0.2) is 0 Å². The highest BCUT2D eigenvalue weighted by molar-refractivity contribution is 6.23. The summed E-state index contributed by atoms with van der Waals surface area (Å²) in [6.45, 7) is -0.153. The van der Waals surface area contributed by atoms with E-state index in [9.17, 15) is 10.2 Å². The number of rotatable bonds is 1. The zero-order valence-electron chi connectivity index (χ0n) is 10.2. The van der Waals surface area contributed by atoms with Crippen LogP contribution in [-0.2, 0) is 6.61 Å². The summed E-state index contributed by atoms with van der Waals surface area (Å²) in [5, 5.41) is 26.1. The minimum atomic E-state index is -0.153. The van der Waals surface area contributed by atoms with Crippen molar-refractivity contribution in [1.29, 1.82) is 0 Å². The van der Waals surface area contributed by atoms with E-state index < -0.39 is 0 Å². The minimum Gasteiger partial charge on any atom is -0.508 e. The number of aliphatic hydroxyl groups excluding tert-OH is 1. The number of phenols is 1. The lowest BCUT2D eigenvalue weighted by Gasteiger charge is -2.14. The Balaban J connectivity index is 2.39. The highest BCUT2D eigenvalue weighted by Gasteiger charge is 2.13. The number of hydrogen-bond donors (Lipinski definition) is 2. The topological polar surface area (TPSA) is 40.5 Å². The molecule has 0 aliphatic rings. The van der Waals surface area contributed by atoms with Gasteiger partial charge in [-0.05, 0) is 38.4 Å². The number of aliphatic hydroxyl groups is 1. The van der Waals surface area contributed by atoms with Crippen LogP contribution in [0.15, 0.2) is 48.5 Å². The van der Waals surface area contributed by atoms with E-state index in [0.717, 1.165) is 16.2 Å². The Labute approximate surface area is 109 Å². The van der Waals surface area contributed by atoms with Crippen molar-refractivity contribution >= 4 is 32.3 Å². The summed E-state index contributed by atoms with van der Waals surface area (Å²) >= 11 is 0. The summed E-state index contributed by atoms with van der Waals surface area (Å²) in [6.07, 6.45) is 0. The third kappa shape index (κ3) is 1.29. The van der Waals surface area contributed by atoms with Crippen molar-refractivity contribution in [2.75, 3.05) is 0 Å². The molecule has 92 valence electrons. The second-order valence-corrected chi connectivity index (χ2v) is 4.89. The van der Waals surface area contributed by atoms with Crippen molar-refractivity contribution < 1.29 is 10.2 Å². The van der Waals surface area contributed by atoms with Gasteiger partial charge in [0.1, 0.15) is 5.75 Å². The largest absolute Gasteiger partial charge is 0.508 e. The lowest BCUT2D eigenvalue weighted by Crippen LogP contribution is -1.90. The standard InChI is InChI=1S/C17H12O2/c18-9-14-13-7-6-11-3-1-2-10-4-5-12(8-15(14)19)17(13)16(10)11/h1-8,18-19H,9H2. The van der Waals surface area contributed by atoms with Crippen LogP contribution in [0.1, 0.15) is 5.56 Å². The fourth-order valence-electron chi connectivity index (χ4n) is 3.02. The zero-order valence-corrected chi connectivity index (χ0v) is 10.2. The SMILES string of the molecule is OCc1c(O)cc2ccc3cccc4ccc1c2c34. The molecule has 0 radical (unpaired) electrons. The van der Waals surface area contributed by atoms with Gasteiger partial charge in [-0.3, -0.25) is 0 Å². The van der Waals surface area contributed by atoms with Crippen LogP contribution in [0.5, 0.6) is 5.75 Å². The summed E-state index contributed by atoms with van der Waals surface area (Å²) in [5.74, 6) is 0.161. The number of aromatic hydroxyl groups is 1.